The molecule has 2 nitrogen and oxygen atoms in total. The maximum atomic E-state index is 9.08. The van der Waals surface area contributed by atoms with Gasteiger partial charge in [-0.1, -0.05) is 82.7 Å². The zero-order valence-corrected chi connectivity index (χ0v) is 16.1. The Bertz CT molecular complexity index is 522. The summed E-state index contributed by atoms with van der Waals surface area (Å²) in [5, 5.41) is 12.4. The average molecular weight is 318 g/mol. The fourth-order valence-corrected chi connectivity index (χ4v) is 9.46. The van der Waals surface area contributed by atoms with E-state index in [2.05, 4.69) is 64.5 Å². The highest BCUT2D eigenvalue weighted by molar-refractivity contribution is 6.88. The first kappa shape index (κ1) is 18.7. The van der Waals surface area contributed by atoms with Crippen molar-refractivity contribution in [2.75, 3.05) is 0 Å². The van der Waals surface area contributed by atoms with Crippen LogP contribution in [0.15, 0.2) is 35.1 Å². The van der Waals surface area contributed by atoms with Gasteiger partial charge >= 0.3 is 0 Å². The van der Waals surface area contributed by atoms with Crippen molar-refractivity contribution in [2.24, 2.45) is 5.16 Å². The molecule has 1 aromatic carbocycles. The van der Waals surface area contributed by atoms with Crippen LogP contribution in [0.5, 0.6) is 0 Å². The summed E-state index contributed by atoms with van der Waals surface area (Å²) in [7, 11) is -1.56. The van der Waals surface area contributed by atoms with E-state index in [-0.39, 0.29) is 0 Å². The minimum Gasteiger partial charge on any atom is -0.411 e. The predicted octanol–water partition coefficient (Wildman–Crippen LogP) is 6.12. The maximum absolute atomic E-state index is 9.08. The summed E-state index contributed by atoms with van der Waals surface area (Å²) in [6.07, 6.45) is 2.26. The van der Waals surface area contributed by atoms with Crippen molar-refractivity contribution in [3.05, 3.63) is 41.1 Å². The number of hydrogen-bond acceptors (Lipinski definition) is 2. The van der Waals surface area contributed by atoms with Gasteiger partial charge in [-0.2, -0.15) is 0 Å². The molecule has 3 heteroatoms. The molecule has 1 aromatic rings. The first-order chi connectivity index (χ1) is 10.3. The zero-order valence-electron chi connectivity index (χ0n) is 15.1. The largest absolute Gasteiger partial charge is 0.411 e. The van der Waals surface area contributed by atoms with E-state index in [1.54, 1.807) is 0 Å². The van der Waals surface area contributed by atoms with Crippen molar-refractivity contribution in [3.8, 4) is 0 Å². The van der Waals surface area contributed by atoms with Crippen molar-refractivity contribution < 1.29 is 5.21 Å². The summed E-state index contributed by atoms with van der Waals surface area (Å²) in [5.74, 6) is 0. The van der Waals surface area contributed by atoms with Crippen LogP contribution in [0.2, 0.25) is 16.6 Å². The Morgan fingerprint density at radius 2 is 1.50 bits per heavy atom. The van der Waals surface area contributed by atoms with Gasteiger partial charge in [0.1, 0.15) is 0 Å². The summed E-state index contributed by atoms with van der Waals surface area (Å²) in [4.78, 5) is 0. The molecule has 0 bridgehead atoms. The van der Waals surface area contributed by atoms with Crippen molar-refractivity contribution in [3.63, 3.8) is 0 Å². The molecule has 0 fully saturated rings. The summed E-state index contributed by atoms with van der Waals surface area (Å²) >= 11 is 0. The highest BCUT2D eigenvalue weighted by Crippen LogP contribution is 2.42. The molecule has 22 heavy (non-hydrogen) atoms. The second-order valence-corrected chi connectivity index (χ2v) is 12.9. The van der Waals surface area contributed by atoms with E-state index in [0.717, 1.165) is 11.1 Å². The number of benzene rings is 1. The minimum absolute atomic E-state index is 0.658. The minimum atomic E-state index is -1.56. The Morgan fingerprint density at radius 3 is 1.95 bits per heavy atom. The van der Waals surface area contributed by atoms with E-state index in [1.807, 2.05) is 25.1 Å². The second kappa shape index (κ2) is 7.77. The van der Waals surface area contributed by atoms with Crippen LogP contribution >= 0.6 is 0 Å². The van der Waals surface area contributed by atoms with Gasteiger partial charge < -0.3 is 5.21 Å². The van der Waals surface area contributed by atoms with Crippen molar-refractivity contribution in [1.82, 2.24) is 0 Å². The van der Waals surface area contributed by atoms with Gasteiger partial charge in [-0.15, -0.1) is 0 Å². The van der Waals surface area contributed by atoms with Crippen LogP contribution < -0.4 is 0 Å². The quantitative estimate of drug-likeness (QED) is 0.292. The smallest absolute Gasteiger partial charge is 0.0853 e. The number of rotatable bonds is 6. The van der Waals surface area contributed by atoms with Crippen LogP contribution in [0, 0.1) is 0 Å². The summed E-state index contributed by atoms with van der Waals surface area (Å²) < 4.78 is 0. The van der Waals surface area contributed by atoms with Gasteiger partial charge in [-0.05, 0) is 29.1 Å². The highest BCUT2D eigenvalue weighted by atomic mass is 28.3. The Balaban J connectivity index is 3.34. The van der Waals surface area contributed by atoms with Gasteiger partial charge in [0.15, 0.2) is 0 Å². The average Bonchev–Trinajstić information content (AvgIpc) is 2.46. The topological polar surface area (TPSA) is 32.6 Å². The Morgan fingerprint density at radius 1 is 1.00 bits per heavy atom. The zero-order chi connectivity index (χ0) is 16.9. The first-order valence-corrected chi connectivity index (χ1v) is 10.6. The fraction of sp³-hybridized carbons (Fsp3) is 0.526. The van der Waals surface area contributed by atoms with Gasteiger partial charge in [0.2, 0.25) is 0 Å². The lowest BCUT2D eigenvalue weighted by Crippen LogP contribution is -2.42. The molecule has 0 aromatic heterocycles. The number of nitrogens with zero attached hydrogens (tertiary/aromatic N) is 1. The molecule has 0 amide bonds. The van der Waals surface area contributed by atoms with E-state index in [0.29, 0.717) is 22.3 Å². The molecule has 0 heterocycles. The molecular weight excluding hydrogens is 286 g/mol. The molecule has 0 aliphatic rings. The summed E-state index contributed by atoms with van der Waals surface area (Å²) in [6, 6.07) is 8.13. The van der Waals surface area contributed by atoms with Crippen molar-refractivity contribution in [2.45, 2.75) is 65.1 Å². The van der Waals surface area contributed by atoms with E-state index >= 15 is 0 Å². The Labute approximate surface area is 137 Å². The Kier molecular flexibility index (Phi) is 6.60. The molecule has 0 saturated carbocycles. The van der Waals surface area contributed by atoms with Crippen LogP contribution in [-0.2, 0) is 0 Å². The number of hydrogen-bond donors (Lipinski definition) is 1. The molecule has 0 unspecified atom stereocenters. The van der Waals surface area contributed by atoms with Crippen LogP contribution in [0.1, 0.15) is 59.6 Å². The normalized spacial score (nSPS) is 13.8. The van der Waals surface area contributed by atoms with E-state index in [1.165, 1.54) is 0 Å². The first-order valence-electron chi connectivity index (χ1n) is 8.24. The molecule has 0 atom stereocenters. The van der Waals surface area contributed by atoms with Crippen molar-refractivity contribution in [1.29, 1.82) is 0 Å². The van der Waals surface area contributed by atoms with Gasteiger partial charge in [-0.3, -0.25) is 0 Å². The van der Waals surface area contributed by atoms with Crippen LogP contribution in [0.25, 0.3) is 6.08 Å². The number of oxime groups is 1. The SMILES string of the molecule is C/C(=N\O)c1ccccc1/C=C/[Si](C(C)C)(C(C)C)C(C)C. The third-order valence-corrected chi connectivity index (χ3v) is 11.8. The van der Waals surface area contributed by atoms with Gasteiger partial charge in [0.25, 0.3) is 0 Å². The third kappa shape index (κ3) is 3.69. The lowest BCUT2D eigenvalue weighted by molar-refractivity contribution is 0.319. The lowest BCUT2D eigenvalue weighted by atomic mass is 10.0. The predicted molar refractivity (Wildman–Crippen MR) is 101 cm³/mol. The molecule has 122 valence electrons. The molecule has 0 saturated heterocycles. The molecule has 0 radical (unpaired) electrons. The maximum Gasteiger partial charge on any atom is 0.0853 e. The molecule has 1 rings (SSSR count). The van der Waals surface area contributed by atoms with Crippen LogP contribution in [0.4, 0.5) is 0 Å². The monoisotopic (exact) mass is 317 g/mol. The van der Waals surface area contributed by atoms with Crippen LogP contribution in [-0.4, -0.2) is 19.0 Å². The molecule has 0 aliphatic heterocycles. The van der Waals surface area contributed by atoms with E-state index < -0.39 is 8.07 Å². The van der Waals surface area contributed by atoms with Gasteiger partial charge in [-0.25, -0.2) is 0 Å². The molecule has 0 spiro atoms. The second-order valence-electron chi connectivity index (χ2n) is 7.07. The van der Waals surface area contributed by atoms with Crippen LogP contribution in [0.3, 0.4) is 0 Å². The highest BCUT2D eigenvalue weighted by Gasteiger charge is 2.40. The van der Waals surface area contributed by atoms with Gasteiger partial charge in [0.05, 0.1) is 13.8 Å². The lowest BCUT2D eigenvalue weighted by Gasteiger charge is -2.40. The summed E-state index contributed by atoms with van der Waals surface area (Å²) in [6.45, 7) is 16.0. The Hall–Kier alpha value is -1.35. The summed E-state index contributed by atoms with van der Waals surface area (Å²) in [5.41, 5.74) is 7.40. The fourth-order valence-electron chi connectivity index (χ4n) is 3.84. The van der Waals surface area contributed by atoms with E-state index in [4.69, 9.17) is 5.21 Å². The standard InChI is InChI=1S/C19H31NOSi/c1-14(2)22(15(3)4,16(5)6)13-12-18-10-8-9-11-19(18)17(7)20-21/h8-16,21H,1-7H3/b13-12+,20-17+. The van der Waals surface area contributed by atoms with E-state index in [9.17, 15) is 0 Å². The molecule has 1 N–H and O–H groups in total. The van der Waals surface area contributed by atoms with Crippen molar-refractivity contribution >= 4 is 19.9 Å². The molecular formula is C19H31NOSi. The third-order valence-electron chi connectivity index (χ3n) is 5.05. The molecule has 0 aliphatic carbocycles. The van der Waals surface area contributed by atoms with Gasteiger partial charge in [0, 0.05) is 5.56 Å².